The van der Waals surface area contributed by atoms with Gasteiger partial charge in [0.1, 0.15) is 0 Å². The molecule has 8 heteroatoms. The van der Waals surface area contributed by atoms with E-state index >= 15 is 0 Å². The highest BCUT2D eigenvalue weighted by atomic mass is 32.2. The number of rotatable bonds is 7. The Bertz CT molecular complexity index is 1050. The Labute approximate surface area is 167 Å². The number of hydrogen-bond acceptors (Lipinski definition) is 5. The number of aromatic nitrogens is 4. The van der Waals surface area contributed by atoms with Crippen molar-refractivity contribution in [1.82, 2.24) is 24.1 Å². The molecule has 0 unspecified atom stereocenters. The van der Waals surface area contributed by atoms with Crippen LogP contribution < -0.4 is 5.56 Å². The lowest BCUT2D eigenvalue weighted by Gasteiger charge is -2.14. The van der Waals surface area contributed by atoms with Gasteiger partial charge in [0, 0.05) is 19.6 Å². The molecular formula is C20H25N5O2S. The SMILES string of the molecule is CCCCCn1c(=O)c2ccccc2n2c(SCC(=O)N3CCCC3)nnc12. The van der Waals surface area contributed by atoms with Crippen LogP contribution >= 0.6 is 11.8 Å². The van der Waals surface area contributed by atoms with E-state index in [1.165, 1.54) is 11.8 Å². The van der Waals surface area contributed by atoms with Crippen molar-refractivity contribution < 1.29 is 4.79 Å². The van der Waals surface area contributed by atoms with Crippen molar-refractivity contribution in [1.29, 1.82) is 0 Å². The predicted molar refractivity (Wildman–Crippen MR) is 111 cm³/mol. The van der Waals surface area contributed by atoms with Gasteiger partial charge in [0.05, 0.1) is 16.7 Å². The van der Waals surface area contributed by atoms with Crippen LogP contribution in [0.15, 0.2) is 34.2 Å². The van der Waals surface area contributed by atoms with Crippen LogP contribution in [0.4, 0.5) is 0 Å². The van der Waals surface area contributed by atoms with Gasteiger partial charge < -0.3 is 4.90 Å². The third-order valence-corrected chi connectivity index (χ3v) is 6.16. The molecule has 3 heterocycles. The van der Waals surface area contributed by atoms with Crippen LogP contribution in [-0.2, 0) is 11.3 Å². The minimum Gasteiger partial charge on any atom is -0.342 e. The van der Waals surface area contributed by atoms with E-state index in [1.807, 2.05) is 33.6 Å². The van der Waals surface area contributed by atoms with Gasteiger partial charge in [0.2, 0.25) is 11.7 Å². The Morgan fingerprint density at radius 2 is 1.93 bits per heavy atom. The minimum atomic E-state index is -0.0312. The van der Waals surface area contributed by atoms with Gasteiger partial charge in [-0.05, 0) is 31.4 Å². The van der Waals surface area contributed by atoms with Crippen LogP contribution in [0.5, 0.6) is 0 Å². The zero-order chi connectivity index (χ0) is 19.5. The van der Waals surface area contributed by atoms with Crippen molar-refractivity contribution in [2.75, 3.05) is 18.8 Å². The molecular weight excluding hydrogens is 374 g/mol. The number of para-hydroxylation sites is 1. The van der Waals surface area contributed by atoms with Crippen LogP contribution in [0.2, 0.25) is 0 Å². The summed E-state index contributed by atoms with van der Waals surface area (Å²) in [5.74, 6) is 1.03. The summed E-state index contributed by atoms with van der Waals surface area (Å²) in [6.45, 7) is 4.46. The summed E-state index contributed by atoms with van der Waals surface area (Å²) in [4.78, 5) is 27.3. The van der Waals surface area contributed by atoms with Crippen LogP contribution in [-0.4, -0.2) is 48.8 Å². The van der Waals surface area contributed by atoms with Crippen molar-refractivity contribution in [2.45, 2.75) is 50.7 Å². The molecule has 4 rings (SSSR count). The lowest BCUT2D eigenvalue weighted by molar-refractivity contribution is -0.127. The maximum Gasteiger partial charge on any atom is 0.262 e. The average molecular weight is 400 g/mol. The zero-order valence-electron chi connectivity index (χ0n) is 16.1. The summed E-state index contributed by atoms with van der Waals surface area (Å²) in [6.07, 6.45) is 5.24. The Morgan fingerprint density at radius 1 is 1.14 bits per heavy atom. The number of likely N-dealkylation sites (tertiary alicyclic amines) is 1. The highest BCUT2D eigenvalue weighted by molar-refractivity contribution is 7.99. The summed E-state index contributed by atoms with van der Waals surface area (Å²) >= 11 is 1.39. The minimum absolute atomic E-state index is 0.0312. The summed E-state index contributed by atoms with van der Waals surface area (Å²) in [5, 5.41) is 9.94. The molecule has 1 aromatic carbocycles. The van der Waals surface area contributed by atoms with Gasteiger partial charge in [-0.3, -0.25) is 18.6 Å². The predicted octanol–water partition coefficient (Wildman–Crippen LogP) is 2.95. The number of fused-ring (bicyclic) bond motifs is 3. The van der Waals surface area contributed by atoms with Gasteiger partial charge in [-0.15, -0.1) is 10.2 Å². The van der Waals surface area contributed by atoms with Crippen molar-refractivity contribution in [3.05, 3.63) is 34.6 Å². The number of nitrogens with zero attached hydrogens (tertiary/aromatic N) is 5. The van der Waals surface area contributed by atoms with Crippen molar-refractivity contribution in [3.8, 4) is 0 Å². The van der Waals surface area contributed by atoms with Crippen molar-refractivity contribution in [3.63, 3.8) is 0 Å². The number of aryl methyl sites for hydroxylation is 1. The van der Waals surface area contributed by atoms with Gasteiger partial charge in [-0.2, -0.15) is 0 Å². The number of thioether (sulfide) groups is 1. The number of benzene rings is 1. The molecule has 0 spiro atoms. The third-order valence-electron chi connectivity index (χ3n) is 5.25. The quantitative estimate of drug-likeness (QED) is 0.451. The molecule has 7 nitrogen and oxygen atoms in total. The monoisotopic (exact) mass is 399 g/mol. The molecule has 28 heavy (non-hydrogen) atoms. The number of carbonyl (C=O) groups excluding carboxylic acids is 1. The molecule has 148 valence electrons. The molecule has 0 radical (unpaired) electrons. The first kappa shape index (κ1) is 19.0. The van der Waals surface area contributed by atoms with E-state index in [0.29, 0.717) is 28.6 Å². The molecule has 0 bridgehead atoms. The van der Waals surface area contributed by atoms with E-state index in [2.05, 4.69) is 17.1 Å². The fourth-order valence-corrected chi connectivity index (χ4v) is 4.58. The number of carbonyl (C=O) groups is 1. The van der Waals surface area contributed by atoms with Crippen LogP contribution in [0, 0.1) is 0 Å². The van der Waals surface area contributed by atoms with E-state index in [1.54, 1.807) is 4.57 Å². The Balaban J connectivity index is 1.72. The lowest BCUT2D eigenvalue weighted by Crippen LogP contribution is -2.29. The van der Waals surface area contributed by atoms with E-state index < -0.39 is 0 Å². The summed E-state index contributed by atoms with van der Waals surface area (Å²) < 4.78 is 3.64. The van der Waals surface area contributed by atoms with Gasteiger partial charge in [-0.1, -0.05) is 43.7 Å². The molecule has 1 fully saturated rings. The second-order valence-electron chi connectivity index (χ2n) is 7.18. The van der Waals surface area contributed by atoms with Crippen molar-refractivity contribution >= 4 is 34.3 Å². The van der Waals surface area contributed by atoms with Crippen molar-refractivity contribution in [2.24, 2.45) is 0 Å². The second kappa shape index (κ2) is 8.34. The van der Waals surface area contributed by atoms with E-state index in [-0.39, 0.29) is 11.5 Å². The Hall–Kier alpha value is -2.35. The second-order valence-corrected chi connectivity index (χ2v) is 8.12. The number of amides is 1. The first-order chi connectivity index (χ1) is 13.7. The molecule has 0 aliphatic carbocycles. The molecule has 1 amide bonds. The van der Waals surface area contributed by atoms with Gasteiger partial charge in [0.25, 0.3) is 5.56 Å². The fraction of sp³-hybridized carbons (Fsp3) is 0.500. The third kappa shape index (κ3) is 3.53. The zero-order valence-corrected chi connectivity index (χ0v) is 17.0. The molecule has 2 aromatic heterocycles. The molecule has 1 aliphatic heterocycles. The molecule has 0 N–H and O–H groups in total. The normalized spacial score (nSPS) is 14.4. The van der Waals surface area contributed by atoms with E-state index in [9.17, 15) is 9.59 Å². The summed E-state index contributed by atoms with van der Waals surface area (Å²) in [6, 6.07) is 7.54. The van der Waals surface area contributed by atoms with Crippen LogP contribution in [0.3, 0.4) is 0 Å². The number of unbranched alkanes of at least 4 members (excludes halogenated alkanes) is 2. The molecule has 1 aliphatic rings. The first-order valence-electron chi connectivity index (χ1n) is 9.98. The van der Waals surface area contributed by atoms with E-state index in [0.717, 1.165) is 50.7 Å². The van der Waals surface area contributed by atoms with Gasteiger partial charge in [-0.25, -0.2) is 0 Å². The molecule has 1 saturated heterocycles. The van der Waals surface area contributed by atoms with Gasteiger partial charge in [0.15, 0.2) is 5.16 Å². The topological polar surface area (TPSA) is 72.5 Å². The summed E-state index contributed by atoms with van der Waals surface area (Å²) in [5.41, 5.74) is 0.756. The van der Waals surface area contributed by atoms with E-state index in [4.69, 9.17) is 0 Å². The molecule has 0 saturated carbocycles. The van der Waals surface area contributed by atoms with Crippen LogP contribution in [0.25, 0.3) is 16.7 Å². The standard InChI is InChI=1S/C20H25N5O2S/c1-2-3-6-13-24-18(27)15-9-4-5-10-16(15)25-19(24)21-22-20(25)28-14-17(26)23-11-7-8-12-23/h4-5,9-10H,2-3,6-8,11-14H2,1H3. The highest BCUT2D eigenvalue weighted by Crippen LogP contribution is 2.22. The first-order valence-corrected chi connectivity index (χ1v) is 11.0. The van der Waals surface area contributed by atoms with Gasteiger partial charge >= 0.3 is 0 Å². The Morgan fingerprint density at radius 3 is 2.71 bits per heavy atom. The number of hydrogen-bond donors (Lipinski definition) is 0. The molecule has 3 aromatic rings. The smallest absolute Gasteiger partial charge is 0.262 e. The average Bonchev–Trinajstić information content (AvgIpc) is 3.39. The maximum absolute atomic E-state index is 13.0. The highest BCUT2D eigenvalue weighted by Gasteiger charge is 2.21. The Kier molecular flexibility index (Phi) is 5.66. The largest absolute Gasteiger partial charge is 0.342 e. The fourth-order valence-electron chi connectivity index (χ4n) is 3.73. The summed E-state index contributed by atoms with van der Waals surface area (Å²) in [7, 11) is 0. The van der Waals surface area contributed by atoms with Crippen LogP contribution in [0.1, 0.15) is 39.0 Å². The lowest BCUT2D eigenvalue weighted by atomic mass is 10.2. The maximum atomic E-state index is 13.0. The molecule has 0 atom stereocenters.